The van der Waals surface area contributed by atoms with Crippen molar-refractivity contribution in [2.45, 2.75) is 0 Å². The molecule has 2 aromatic rings. The van der Waals surface area contributed by atoms with Gasteiger partial charge in [-0.3, -0.25) is 0 Å². The summed E-state index contributed by atoms with van der Waals surface area (Å²) in [6.07, 6.45) is 0. The second-order valence-corrected chi connectivity index (χ2v) is 3.66. The number of aromatic carboxylic acids is 1. The number of carboxylic acid groups (broad SMARTS) is 1. The van der Waals surface area contributed by atoms with Crippen molar-refractivity contribution >= 4 is 17.3 Å². The summed E-state index contributed by atoms with van der Waals surface area (Å²) >= 11 is 0. The van der Waals surface area contributed by atoms with E-state index in [2.05, 4.69) is 0 Å². The molecular weight excluding hydrogens is 216 g/mol. The third-order valence-corrected chi connectivity index (χ3v) is 2.56. The smallest absolute Gasteiger partial charge is 0.336 e. The lowest BCUT2D eigenvalue weighted by Crippen LogP contribution is -2.04. The topological polar surface area (TPSA) is 89.3 Å². The largest absolute Gasteiger partial charge is 0.478 e. The number of para-hydroxylation sites is 1. The average Bonchev–Trinajstić information content (AvgIpc) is 2.30. The Labute approximate surface area is 98.5 Å². The van der Waals surface area contributed by atoms with Crippen LogP contribution in [0.5, 0.6) is 0 Å². The van der Waals surface area contributed by atoms with E-state index in [9.17, 15) is 4.79 Å². The molecule has 0 aliphatic heterocycles. The van der Waals surface area contributed by atoms with Gasteiger partial charge in [0.2, 0.25) is 0 Å². The summed E-state index contributed by atoms with van der Waals surface area (Å²) in [5.41, 5.74) is 13.9. The van der Waals surface area contributed by atoms with Crippen LogP contribution >= 0.6 is 0 Å². The molecule has 0 fully saturated rings. The second kappa shape index (κ2) is 4.17. The summed E-state index contributed by atoms with van der Waals surface area (Å²) in [5.74, 6) is -1.02. The van der Waals surface area contributed by atoms with E-state index in [4.69, 9.17) is 16.6 Å². The van der Waals surface area contributed by atoms with Crippen molar-refractivity contribution in [3.05, 3.63) is 48.0 Å². The molecule has 0 amide bonds. The van der Waals surface area contributed by atoms with E-state index in [1.807, 2.05) is 0 Å². The highest BCUT2D eigenvalue weighted by atomic mass is 16.4. The monoisotopic (exact) mass is 228 g/mol. The van der Waals surface area contributed by atoms with Crippen LogP contribution in [-0.4, -0.2) is 11.1 Å². The second-order valence-electron chi connectivity index (χ2n) is 3.66. The van der Waals surface area contributed by atoms with Crippen LogP contribution in [0.25, 0.3) is 11.1 Å². The van der Waals surface area contributed by atoms with Crippen LogP contribution in [0.4, 0.5) is 11.4 Å². The Morgan fingerprint density at radius 2 is 1.59 bits per heavy atom. The molecule has 0 spiro atoms. The van der Waals surface area contributed by atoms with Crippen molar-refractivity contribution in [3.8, 4) is 11.1 Å². The zero-order valence-electron chi connectivity index (χ0n) is 9.05. The predicted octanol–water partition coefficient (Wildman–Crippen LogP) is 2.22. The molecular formula is C13H12N2O2. The van der Waals surface area contributed by atoms with Gasteiger partial charge >= 0.3 is 5.97 Å². The Bertz CT molecular complexity index is 579. The summed E-state index contributed by atoms with van der Waals surface area (Å²) < 4.78 is 0. The standard InChI is InChI=1S/C13H12N2O2/c14-10-6-2-1-4-8(10)12-9(13(16)17)5-3-7-11(12)15/h1-7H,14-15H2,(H,16,17). The van der Waals surface area contributed by atoms with Crippen molar-refractivity contribution in [2.24, 2.45) is 0 Å². The van der Waals surface area contributed by atoms with Gasteiger partial charge < -0.3 is 16.6 Å². The van der Waals surface area contributed by atoms with Crippen LogP contribution in [0.15, 0.2) is 42.5 Å². The molecule has 4 nitrogen and oxygen atoms in total. The maximum Gasteiger partial charge on any atom is 0.336 e. The molecule has 86 valence electrons. The summed E-state index contributed by atoms with van der Waals surface area (Å²) in [4.78, 5) is 11.2. The zero-order valence-corrected chi connectivity index (χ0v) is 9.05. The lowest BCUT2D eigenvalue weighted by Gasteiger charge is -2.11. The van der Waals surface area contributed by atoms with Crippen LogP contribution in [0, 0.1) is 0 Å². The maximum atomic E-state index is 11.2. The minimum absolute atomic E-state index is 0.155. The fourth-order valence-corrected chi connectivity index (χ4v) is 1.77. The Kier molecular flexibility index (Phi) is 2.70. The van der Waals surface area contributed by atoms with E-state index >= 15 is 0 Å². The van der Waals surface area contributed by atoms with Crippen LogP contribution in [0.3, 0.4) is 0 Å². The van der Waals surface area contributed by atoms with Gasteiger partial charge in [0.25, 0.3) is 0 Å². The van der Waals surface area contributed by atoms with E-state index in [0.29, 0.717) is 22.5 Å². The van der Waals surface area contributed by atoms with E-state index in [-0.39, 0.29) is 5.56 Å². The highest BCUT2D eigenvalue weighted by Gasteiger charge is 2.15. The quantitative estimate of drug-likeness (QED) is 0.687. The van der Waals surface area contributed by atoms with E-state index in [1.54, 1.807) is 36.4 Å². The molecule has 4 heteroatoms. The molecule has 0 heterocycles. The van der Waals surface area contributed by atoms with E-state index < -0.39 is 5.97 Å². The van der Waals surface area contributed by atoms with Gasteiger partial charge in [0.05, 0.1) is 5.56 Å². The van der Waals surface area contributed by atoms with Gasteiger partial charge in [-0.25, -0.2) is 4.79 Å². The fraction of sp³-hybridized carbons (Fsp3) is 0. The molecule has 2 aromatic carbocycles. The summed E-state index contributed by atoms with van der Waals surface area (Å²) in [5, 5.41) is 9.15. The number of carbonyl (C=O) groups is 1. The number of anilines is 2. The highest BCUT2D eigenvalue weighted by Crippen LogP contribution is 2.33. The van der Waals surface area contributed by atoms with Crippen LogP contribution in [-0.2, 0) is 0 Å². The number of nitrogen functional groups attached to an aromatic ring is 2. The van der Waals surface area contributed by atoms with Crippen molar-refractivity contribution < 1.29 is 9.90 Å². The molecule has 17 heavy (non-hydrogen) atoms. The van der Waals surface area contributed by atoms with Crippen molar-refractivity contribution in [1.29, 1.82) is 0 Å². The third-order valence-electron chi connectivity index (χ3n) is 2.56. The lowest BCUT2D eigenvalue weighted by molar-refractivity contribution is 0.0698. The molecule has 0 unspecified atom stereocenters. The minimum Gasteiger partial charge on any atom is -0.478 e. The Morgan fingerprint density at radius 1 is 0.941 bits per heavy atom. The normalized spacial score (nSPS) is 10.1. The molecule has 0 atom stereocenters. The number of hydrogen-bond acceptors (Lipinski definition) is 3. The van der Waals surface area contributed by atoms with Crippen molar-refractivity contribution in [1.82, 2.24) is 0 Å². The third kappa shape index (κ3) is 1.92. The molecule has 0 bridgehead atoms. The summed E-state index contributed by atoms with van der Waals surface area (Å²) in [7, 11) is 0. The van der Waals surface area contributed by atoms with Gasteiger partial charge in [0, 0.05) is 22.5 Å². The number of hydrogen-bond donors (Lipinski definition) is 3. The Morgan fingerprint density at radius 3 is 2.24 bits per heavy atom. The van der Waals surface area contributed by atoms with Gasteiger partial charge in [0.15, 0.2) is 0 Å². The van der Waals surface area contributed by atoms with Gasteiger partial charge in [-0.05, 0) is 18.2 Å². The first-order valence-electron chi connectivity index (χ1n) is 5.08. The molecule has 0 aliphatic carbocycles. The van der Waals surface area contributed by atoms with Crippen LogP contribution in [0.1, 0.15) is 10.4 Å². The van der Waals surface area contributed by atoms with Crippen LogP contribution < -0.4 is 11.5 Å². The van der Waals surface area contributed by atoms with E-state index in [0.717, 1.165) is 0 Å². The van der Waals surface area contributed by atoms with Gasteiger partial charge in [-0.1, -0.05) is 24.3 Å². The minimum atomic E-state index is -1.02. The molecule has 0 radical (unpaired) electrons. The van der Waals surface area contributed by atoms with Gasteiger partial charge in [-0.15, -0.1) is 0 Å². The Hall–Kier alpha value is -2.49. The zero-order chi connectivity index (χ0) is 12.4. The first kappa shape index (κ1) is 11.0. The number of carboxylic acids is 1. The first-order chi connectivity index (χ1) is 8.11. The molecule has 0 saturated heterocycles. The number of benzene rings is 2. The molecule has 0 aliphatic rings. The van der Waals surface area contributed by atoms with Gasteiger partial charge in [0.1, 0.15) is 0 Å². The predicted molar refractivity (Wildman–Crippen MR) is 67.7 cm³/mol. The number of rotatable bonds is 2. The van der Waals surface area contributed by atoms with Crippen LogP contribution in [0.2, 0.25) is 0 Å². The lowest BCUT2D eigenvalue weighted by atomic mass is 9.96. The number of nitrogens with two attached hydrogens (primary N) is 2. The SMILES string of the molecule is Nc1ccccc1-c1c(N)cccc1C(=O)O. The Balaban J connectivity index is 2.75. The van der Waals surface area contributed by atoms with Crippen molar-refractivity contribution in [3.63, 3.8) is 0 Å². The maximum absolute atomic E-state index is 11.2. The fourth-order valence-electron chi connectivity index (χ4n) is 1.77. The molecule has 0 saturated carbocycles. The molecule has 5 N–H and O–H groups in total. The molecule has 2 rings (SSSR count). The summed E-state index contributed by atoms with van der Waals surface area (Å²) in [6.45, 7) is 0. The first-order valence-corrected chi connectivity index (χ1v) is 5.08. The summed E-state index contributed by atoms with van der Waals surface area (Å²) in [6, 6.07) is 11.8. The molecule has 0 aromatic heterocycles. The average molecular weight is 228 g/mol. The van der Waals surface area contributed by atoms with Gasteiger partial charge in [-0.2, -0.15) is 0 Å². The highest BCUT2D eigenvalue weighted by molar-refractivity contribution is 6.01. The van der Waals surface area contributed by atoms with E-state index in [1.165, 1.54) is 6.07 Å². The van der Waals surface area contributed by atoms with Crippen molar-refractivity contribution in [2.75, 3.05) is 11.5 Å².